The molecule has 6 nitrogen and oxygen atoms in total. The number of phenolic OH excluding ortho intramolecular Hbond substituents is 1. The highest BCUT2D eigenvalue weighted by molar-refractivity contribution is 7.89. The topological polar surface area (TPSA) is 92.9 Å². The number of likely N-dealkylation sites (N-methyl/N-ethyl adjacent to an activating group) is 1. The van der Waals surface area contributed by atoms with E-state index in [2.05, 4.69) is 0 Å². The number of anilines is 1. The molecule has 1 aromatic rings. The molecule has 0 aromatic heterocycles. The van der Waals surface area contributed by atoms with Crippen LogP contribution in [0.25, 0.3) is 0 Å². The highest BCUT2D eigenvalue weighted by Gasteiger charge is 2.23. The van der Waals surface area contributed by atoms with E-state index < -0.39 is 10.0 Å². The fourth-order valence-corrected chi connectivity index (χ4v) is 3.07. The summed E-state index contributed by atoms with van der Waals surface area (Å²) >= 11 is 0. The van der Waals surface area contributed by atoms with Gasteiger partial charge in [0.1, 0.15) is 5.75 Å². The van der Waals surface area contributed by atoms with Crippen molar-refractivity contribution in [3.05, 3.63) is 18.2 Å². The molecule has 0 spiro atoms. The summed E-state index contributed by atoms with van der Waals surface area (Å²) in [6.45, 7) is 5.13. The van der Waals surface area contributed by atoms with E-state index in [1.807, 2.05) is 6.92 Å². The summed E-state index contributed by atoms with van der Waals surface area (Å²) in [5, 5.41) is 9.33. The van der Waals surface area contributed by atoms with Crippen molar-refractivity contribution in [3.63, 3.8) is 0 Å². The highest BCUT2D eigenvalue weighted by Crippen LogP contribution is 2.25. The van der Waals surface area contributed by atoms with E-state index in [4.69, 9.17) is 10.5 Å². The van der Waals surface area contributed by atoms with Crippen molar-refractivity contribution in [1.29, 1.82) is 0 Å². The second-order valence-corrected chi connectivity index (χ2v) is 5.85. The number of nitrogens with zero attached hydrogens (tertiary/aromatic N) is 1. The lowest BCUT2D eigenvalue weighted by Gasteiger charge is -2.20. The van der Waals surface area contributed by atoms with Crippen molar-refractivity contribution in [3.8, 4) is 5.75 Å². The Morgan fingerprint density at radius 1 is 1.37 bits per heavy atom. The number of hydrogen-bond donors (Lipinski definition) is 2. The maximum atomic E-state index is 12.4. The van der Waals surface area contributed by atoms with Gasteiger partial charge in [-0.3, -0.25) is 0 Å². The van der Waals surface area contributed by atoms with Crippen LogP contribution in [0.5, 0.6) is 5.75 Å². The van der Waals surface area contributed by atoms with Crippen molar-refractivity contribution in [2.45, 2.75) is 18.7 Å². The lowest BCUT2D eigenvalue weighted by Crippen LogP contribution is -2.34. The van der Waals surface area contributed by atoms with Gasteiger partial charge >= 0.3 is 0 Å². The summed E-state index contributed by atoms with van der Waals surface area (Å²) in [4.78, 5) is 0.0705. The number of aromatic hydroxyl groups is 1. The SMILES string of the molecule is CCOCCN(CC)S(=O)(=O)c1ccc(O)c(N)c1. The van der Waals surface area contributed by atoms with E-state index in [9.17, 15) is 13.5 Å². The molecule has 0 amide bonds. The van der Waals surface area contributed by atoms with E-state index in [-0.39, 0.29) is 22.9 Å². The van der Waals surface area contributed by atoms with Crippen molar-refractivity contribution in [2.24, 2.45) is 0 Å². The second-order valence-electron chi connectivity index (χ2n) is 3.91. The number of rotatable bonds is 7. The Labute approximate surface area is 113 Å². The monoisotopic (exact) mass is 288 g/mol. The maximum Gasteiger partial charge on any atom is 0.243 e. The van der Waals surface area contributed by atoms with Gasteiger partial charge in [0.25, 0.3) is 0 Å². The third kappa shape index (κ3) is 3.82. The van der Waals surface area contributed by atoms with Gasteiger partial charge in [0, 0.05) is 19.7 Å². The molecule has 0 radical (unpaired) electrons. The van der Waals surface area contributed by atoms with Gasteiger partial charge < -0.3 is 15.6 Å². The number of phenols is 1. The second kappa shape index (κ2) is 6.74. The van der Waals surface area contributed by atoms with Crippen molar-refractivity contribution in [1.82, 2.24) is 4.31 Å². The van der Waals surface area contributed by atoms with E-state index >= 15 is 0 Å². The van der Waals surface area contributed by atoms with Crippen LogP contribution in [0.3, 0.4) is 0 Å². The summed E-state index contributed by atoms with van der Waals surface area (Å²) in [6.07, 6.45) is 0. The van der Waals surface area contributed by atoms with Crippen LogP contribution in [0.1, 0.15) is 13.8 Å². The Kier molecular flexibility index (Phi) is 5.59. The molecule has 0 aliphatic heterocycles. The molecular formula is C12H20N2O4S. The fourth-order valence-electron chi connectivity index (χ4n) is 1.60. The lowest BCUT2D eigenvalue weighted by molar-refractivity contribution is 0.135. The summed E-state index contributed by atoms with van der Waals surface area (Å²) in [5.41, 5.74) is 5.57. The predicted octanol–water partition coefficient (Wildman–Crippen LogP) is 1.02. The summed E-state index contributed by atoms with van der Waals surface area (Å²) < 4.78 is 31.2. The van der Waals surface area contributed by atoms with Crippen LogP contribution >= 0.6 is 0 Å². The molecule has 0 saturated heterocycles. The van der Waals surface area contributed by atoms with Gasteiger partial charge in [-0.25, -0.2) is 8.42 Å². The van der Waals surface area contributed by atoms with Crippen LogP contribution in [0, 0.1) is 0 Å². The first-order chi connectivity index (χ1) is 8.93. The molecule has 0 bridgehead atoms. The molecule has 0 saturated carbocycles. The molecule has 0 aliphatic rings. The zero-order valence-corrected chi connectivity index (χ0v) is 12.0. The van der Waals surface area contributed by atoms with Gasteiger partial charge in [-0.05, 0) is 25.1 Å². The maximum absolute atomic E-state index is 12.4. The van der Waals surface area contributed by atoms with E-state index in [0.717, 1.165) is 0 Å². The van der Waals surface area contributed by atoms with E-state index in [1.165, 1.54) is 22.5 Å². The Morgan fingerprint density at radius 3 is 2.58 bits per heavy atom. The van der Waals surface area contributed by atoms with Gasteiger partial charge in [0.2, 0.25) is 10.0 Å². The molecule has 1 aromatic carbocycles. The minimum absolute atomic E-state index is 0.0435. The van der Waals surface area contributed by atoms with Gasteiger partial charge in [0.15, 0.2) is 0 Å². The Bertz CT molecular complexity index is 516. The number of hydrogen-bond acceptors (Lipinski definition) is 5. The predicted molar refractivity (Wildman–Crippen MR) is 73.4 cm³/mol. The molecule has 1 rings (SSSR count). The molecular weight excluding hydrogens is 268 g/mol. The minimum Gasteiger partial charge on any atom is -0.506 e. The summed E-state index contributed by atoms with van der Waals surface area (Å²) in [6, 6.07) is 3.87. The van der Waals surface area contributed by atoms with E-state index in [1.54, 1.807) is 6.92 Å². The van der Waals surface area contributed by atoms with Crippen molar-refractivity contribution >= 4 is 15.7 Å². The normalized spacial score (nSPS) is 11.9. The fraction of sp³-hybridized carbons (Fsp3) is 0.500. The zero-order valence-electron chi connectivity index (χ0n) is 11.2. The molecule has 0 aliphatic carbocycles. The molecule has 19 heavy (non-hydrogen) atoms. The minimum atomic E-state index is -3.61. The molecule has 3 N–H and O–H groups in total. The van der Waals surface area contributed by atoms with Gasteiger partial charge in [-0.1, -0.05) is 6.92 Å². The van der Waals surface area contributed by atoms with E-state index in [0.29, 0.717) is 19.8 Å². The number of nitrogen functional groups attached to an aromatic ring is 1. The first kappa shape index (κ1) is 15.7. The van der Waals surface area contributed by atoms with Crippen LogP contribution in [0.4, 0.5) is 5.69 Å². The first-order valence-corrected chi connectivity index (χ1v) is 7.53. The van der Waals surface area contributed by atoms with Crippen molar-refractivity contribution < 1.29 is 18.3 Å². The molecule has 0 atom stereocenters. The number of sulfonamides is 1. The molecule has 7 heteroatoms. The van der Waals surface area contributed by atoms with Crippen LogP contribution in [0.15, 0.2) is 23.1 Å². The molecule has 108 valence electrons. The average Bonchev–Trinajstić information content (AvgIpc) is 2.37. The van der Waals surface area contributed by atoms with Gasteiger partial charge in [-0.2, -0.15) is 4.31 Å². The Hall–Kier alpha value is -1.31. The van der Waals surface area contributed by atoms with Crippen LogP contribution in [0.2, 0.25) is 0 Å². The zero-order chi connectivity index (χ0) is 14.5. The standard InChI is InChI=1S/C12H20N2O4S/c1-3-14(7-8-18-4-2)19(16,17)10-5-6-12(15)11(13)9-10/h5-6,9,15H,3-4,7-8,13H2,1-2H3. The Balaban J connectivity index is 2.96. The third-order valence-electron chi connectivity index (χ3n) is 2.68. The Morgan fingerprint density at radius 2 is 2.05 bits per heavy atom. The van der Waals surface area contributed by atoms with Gasteiger partial charge in [-0.15, -0.1) is 0 Å². The molecule has 0 fully saturated rings. The number of nitrogens with two attached hydrogens (primary N) is 1. The highest BCUT2D eigenvalue weighted by atomic mass is 32.2. The number of benzene rings is 1. The van der Waals surface area contributed by atoms with Crippen molar-refractivity contribution in [2.75, 3.05) is 32.0 Å². The quantitative estimate of drug-likeness (QED) is 0.444. The first-order valence-electron chi connectivity index (χ1n) is 6.09. The summed E-state index contributed by atoms with van der Waals surface area (Å²) in [7, 11) is -3.61. The average molecular weight is 288 g/mol. The molecule has 0 unspecified atom stereocenters. The third-order valence-corrected chi connectivity index (χ3v) is 4.65. The molecule has 0 heterocycles. The largest absolute Gasteiger partial charge is 0.506 e. The summed E-state index contributed by atoms with van der Waals surface area (Å²) in [5.74, 6) is -0.128. The number of ether oxygens (including phenoxy) is 1. The van der Waals surface area contributed by atoms with Crippen LogP contribution in [-0.2, 0) is 14.8 Å². The van der Waals surface area contributed by atoms with Crippen LogP contribution < -0.4 is 5.73 Å². The van der Waals surface area contributed by atoms with Crippen LogP contribution in [-0.4, -0.2) is 44.1 Å². The lowest BCUT2D eigenvalue weighted by atomic mass is 10.3. The van der Waals surface area contributed by atoms with Gasteiger partial charge in [0.05, 0.1) is 17.2 Å². The smallest absolute Gasteiger partial charge is 0.243 e.